The molecule has 0 radical (unpaired) electrons. The first-order chi connectivity index (χ1) is 10.0. The monoisotopic (exact) mass is 293 g/mol. The third-order valence-corrected chi connectivity index (χ3v) is 3.06. The summed E-state index contributed by atoms with van der Waals surface area (Å²) in [5.41, 5.74) is 6.77. The highest BCUT2D eigenvalue weighted by molar-refractivity contribution is 5.96. The summed E-state index contributed by atoms with van der Waals surface area (Å²) in [6.07, 6.45) is -0.805. The van der Waals surface area contributed by atoms with Crippen LogP contribution in [-0.2, 0) is 4.79 Å². The number of carbonyl (C=O) groups excluding carboxylic acids is 2. The lowest BCUT2D eigenvalue weighted by Gasteiger charge is -2.15. The Hall–Kier alpha value is -2.28. The van der Waals surface area contributed by atoms with E-state index in [0.717, 1.165) is 5.56 Å². The third-order valence-electron chi connectivity index (χ3n) is 3.06. The fourth-order valence-electron chi connectivity index (χ4n) is 1.96. The van der Waals surface area contributed by atoms with Crippen molar-refractivity contribution >= 4 is 11.9 Å². The summed E-state index contributed by atoms with van der Waals surface area (Å²) < 4.78 is 10.9. The Bertz CT molecular complexity index is 547. The Labute approximate surface area is 122 Å². The second-order valence-electron chi connectivity index (χ2n) is 4.73. The van der Waals surface area contributed by atoms with E-state index in [4.69, 9.17) is 15.2 Å². The van der Waals surface area contributed by atoms with Gasteiger partial charge in [0, 0.05) is 18.2 Å². The number of amides is 3. The molecule has 1 aromatic rings. The van der Waals surface area contributed by atoms with Gasteiger partial charge in [0.1, 0.15) is 18.1 Å². The standard InChI is InChI=1S/C14H19N3O4/c1-3-16-14(19)17-13(18)8(2)21-9-4-5-10-11(15)7-20-12(10)6-9/h4-6,8,11H,3,7,15H2,1-2H3,(H2,16,17,18,19). The van der Waals surface area contributed by atoms with E-state index in [0.29, 0.717) is 24.7 Å². The van der Waals surface area contributed by atoms with Crippen molar-refractivity contribution in [1.82, 2.24) is 10.6 Å². The van der Waals surface area contributed by atoms with Gasteiger partial charge in [-0.1, -0.05) is 0 Å². The molecule has 7 nitrogen and oxygen atoms in total. The van der Waals surface area contributed by atoms with E-state index < -0.39 is 18.0 Å². The van der Waals surface area contributed by atoms with Gasteiger partial charge in [0.2, 0.25) is 0 Å². The quantitative estimate of drug-likeness (QED) is 0.758. The van der Waals surface area contributed by atoms with Crippen molar-refractivity contribution < 1.29 is 19.1 Å². The molecule has 2 unspecified atom stereocenters. The molecule has 1 aliphatic heterocycles. The molecule has 0 saturated heterocycles. The summed E-state index contributed by atoms with van der Waals surface area (Å²) in [6, 6.07) is 4.56. The van der Waals surface area contributed by atoms with Crippen LogP contribution in [0.3, 0.4) is 0 Å². The zero-order chi connectivity index (χ0) is 15.4. The van der Waals surface area contributed by atoms with Gasteiger partial charge in [-0.3, -0.25) is 10.1 Å². The number of hydrogen-bond acceptors (Lipinski definition) is 5. The molecule has 0 saturated carbocycles. The molecule has 114 valence electrons. The molecule has 21 heavy (non-hydrogen) atoms. The number of rotatable bonds is 4. The van der Waals surface area contributed by atoms with Crippen molar-refractivity contribution in [3.63, 3.8) is 0 Å². The summed E-state index contributed by atoms with van der Waals surface area (Å²) in [6.45, 7) is 4.20. The number of ether oxygens (including phenoxy) is 2. The van der Waals surface area contributed by atoms with Crippen LogP contribution in [0.1, 0.15) is 25.5 Å². The first-order valence-corrected chi connectivity index (χ1v) is 6.79. The molecular weight excluding hydrogens is 274 g/mol. The summed E-state index contributed by atoms with van der Waals surface area (Å²) in [5.74, 6) is 0.636. The van der Waals surface area contributed by atoms with Gasteiger partial charge in [0.15, 0.2) is 6.10 Å². The van der Waals surface area contributed by atoms with Gasteiger partial charge in [-0.2, -0.15) is 0 Å². The van der Waals surface area contributed by atoms with E-state index in [1.165, 1.54) is 0 Å². The van der Waals surface area contributed by atoms with Crippen LogP contribution in [0.2, 0.25) is 0 Å². The Balaban J connectivity index is 1.95. The van der Waals surface area contributed by atoms with Crippen LogP contribution in [0.25, 0.3) is 0 Å². The molecule has 0 aromatic heterocycles. The number of carbonyl (C=O) groups is 2. The minimum Gasteiger partial charge on any atom is -0.491 e. The normalized spacial score (nSPS) is 17.4. The zero-order valence-electron chi connectivity index (χ0n) is 12.0. The smallest absolute Gasteiger partial charge is 0.321 e. The maximum Gasteiger partial charge on any atom is 0.321 e. The van der Waals surface area contributed by atoms with E-state index in [1.807, 2.05) is 6.07 Å². The number of urea groups is 1. The maximum atomic E-state index is 11.8. The molecule has 3 amide bonds. The summed E-state index contributed by atoms with van der Waals surface area (Å²) in [7, 11) is 0. The first kappa shape index (κ1) is 15.1. The van der Waals surface area contributed by atoms with Crippen LogP contribution in [0, 0.1) is 0 Å². The lowest BCUT2D eigenvalue weighted by atomic mass is 10.1. The number of nitrogens with two attached hydrogens (primary N) is 1. The molecule has 2 atom stereocenters. The van der Waals surface area contributed by atoms with Gasteiger partial charge in [-0.25, -0.2) is 4.79 Å². The van der Waals surface area contributed by atoms with E-state index in [9.17, 15) is 9.59 Å². The average Bonchev–Trinajstić information content (AvgIpc) is 2.80. The summed E-state index contributed by atoms with van der Waals surface area (Å²) in [5, 5.41) is 4.67. The van der Waals surface area contributed by atoms with E-state index in [1.54, 1.807) is 26.0 Å². The van der Waals surface area contributed by atoms with Crippen LogP contribution in [0.15, 0.2) is 18.2 Å². The van der Waals surface area contributed by atoms with E-state index in [-0.39, 0.29) is 6.04 Å². The van der Waals surface area contributed by atoms with Gasteiger partial charge < -0.3 is 20.5 Å². The number of nitrogens with one attached hydrogen (secondary N) is 2. The number of benzene rings is 1. The molecular formula is C14H19N3O4. The summed E-state index contributed by atoms with van der Waals surface area (Å²) in [4.78, 5) is 23.0. The lowest BCUT2D eigenvalue weighted by Crippen LogP contribution is -2.45. The van der Waals surface area contributed by atoms with Crippen LogP contribution < -0.4 is 25.8 Å². The minimum absolute atomic E-state index is 0.132. The lowest BCUT2D eigenvalue weighted by molar-refractivity contribution is -0.126. The van der Waals surface area contributed by atoms with Crippen LogP contribution in [0.5, 0.6) is 11.5 Å². The van der Waals surface area contributed by atoms with Crippen molar-refractivity contribution in [3.8, 4) is 11.5 Å². The largest absolute Gasteiger partial charge is 0.491 e. The van der Waals surface area contributed by atoms with Crippen molar-refractivity contribution in [2.24, 2.45) is 5.73 Å². The zero-order valence-corrected chi connectivity index (χ0v) is 12.0. The Morgan fingerprint density at radius 1 is 1.52 bits per heavy atom. The molecule has 0 bridgehead atoms. The SMILES string of the molecule is CCNC(=O)NC(=O)C(C)Oc1ccc2c(c1)OCC2N. The van der Waals surface area contributed by atoms with Crippen LogP contribution >= 0.6 is 0 Å². The van der Waals surface area contributed by atoms with Crippen molar-refractivity contribution in [2.45, 2.75) is 26.0 Å². The fourth-order valence-corrected chi connectivity index (χ4v) is 1.96. The predicted molar refractivity (Wildman–Crippen MR) is 76.2 cm³/mol. The van der Waals surface area contributed by atoms with E-state index in [2.05, 4.69) is 10.6 Å². The Kier molecular flexibility index (Phi) is 4.64. The second kappa shape index (κ2) is 6.45. The topological polar surface area (TPSA) is 103 Å². The molecule has 0 fully saturated rings. The molecule has 4 N–H and O–H groups in total. The molecule has 2 rings (SSSR count). The number of hydrogen-bond donors (Lipinski definition) is 3. The number of fused-ring (bicyclic) bond motifs is 1. The van der Waals surface area contributed by atoms with Gasteiger partial charge in [-0.05, 0) is 26.0 Å². The van der Waals surface area contributed by atoms with Crippen LogP contribution in [-0.4, -0.2) is 31.2 Å². The fraction of sp³-hybridized carbons (Fsp3) is 0.429. The molecule has 1 aliphatic rings. The Morgan fingerprint density at radius 3 is 3.00 bits per heavy atom. The maximum absolute atomic E-state index is 11.8. The van der Waals surface area contributed by atoms with Gasteiger partial charge >= 0.3 is 6.03 Å². The highest BCUT2D eigenvalue weighted by Crippen LogP contribution is 2.34. The summed E-state index contributed by atoms with van der Waals surface area (Å²) >= 11 is 0. The van der Waals surface area contributed by atoms with Crippen molar-refractivity contribution in [3.05, 3.63) is 23.8 Å². The minimum atomic E-state index is -0.805. The third kappa shape index (κ3) is 3.63. The number of imide groups is 1. The first-order valence-electron chi connectivity index (χ1n) is 6.79. The van der Waals surface area contributed by atoms with Crippen molar-refractivity contribution in [2.75, 3.05) is 13.2 Å². The molecule has 0 aliphatic carbocycles. The molecule has 7 heteroatoms. The Morgan fingerprint density at radius 2 is 2.29 bits per heavy atom. The van der Waals surface area contributed by atoms with Gasteiger partial charge in [0.25, 0.3) is 5.91 Å². The predicted octanol–water partition coefficient (Wildman–Crippen LogP) is 0.692. The molecule has 1 aromatic carbocycles. The van der Waals surface area contributed by atoms with Crippen molar-refractivity contribution in [1.29, 1.82) is 0 Å². The van der Waals surface area contributed by atoms with E-state index >= 15 is 0 Å². The van der Waals surface area contributed by atoms with Gasteiger partial charge in [-0.15, -0.1) is 0 Å². The van der Waals surface area contributed by atoms with Crippen LogP contribution in [0.4, 0.5) is 4.79 Å². The molecule has 1 heterocycles. The van der Waals surface area contributed by atoms with Gasteiger partial charge in [0.05, 0.1) is 6.04 Å². The second-order valence-corrected chi connectivity index (χ2v) is 4.73. The molecule has 0 spiro atoms. The average molecular weight is 293 g/mol. The highest BCUT2D eigenvalue weighted by atomic mass is 16.5. The highest BCUT2D eigenvalue weighted by Gasteiger charge is 2.22.